The van der Waals surface area contributed by atoms with Crippen molar-refractivity contribution < 1.29 is 17.9 Å². The minimum atomic E-state index is -4.02. The van der Waals surface area contributed by atoms with Crippen LogP contribution in [0.15, 0.2) is 47.4 Å². The Morgan fingerprint density at radius 1 is 1.03 bits per heavy atom. The first-order valence-electron chi connectivity index (χ1n) is 10.3. The number of hydrogen-bond donors (Lipinski definition) is 1. The Hall–Kier alpha value is -2.54. The third-order valence-corrected chi connectivity index (χ3v) is 7.26. The molecule has 0 aromatic heterocycles. The first kappa shape index (κ1) is 22.2. The summed E-state index contributed by atoms with van der Waals surface area (Å²) in [7, 11) is -2.58. The summed E-state index contributed by atoms with van der Waals surface area (Å²) in [5.74, 6) is -0.0388. The van der Waals surface area contributed by atoms with Gasteiger partial charge in [-0.05, 0) is 56.5 Å². The Labute approximate surface area is 179 Å². The molecule has 1 N–H and O–H groups in total. The normalized spacial score (nSPS) is 14.9. The number of hydrogen-bond acceptors (Lipinski definition) is 4. The smallest absolute Gasteiger partial charge is 0.268 e. The average Bonchev–Trinajstić information content (AvgIpc) is 2.73. The SMILES string of the molecule is COc1ccc(C)cc1S(=O)(=O)N(CC(=O)NC1CCCCC1)c1ccc(C)cc1. The number of benzene rings is 2. The molecule has 3 rings (SSSR count). The third kappa shape index (κ3) is 5.14. The van der Waals surface area contributed by atoms with Crippen molar-refractivity contribution >= 4 is 21.6 Å². The van der Waals surface area contributed by atoms with Crippen molar-refractivity contribution in [3.63, 3.8) is 0 Å². The van der Waals surface area contributed by atoms with Gasteiger partial charge in [0.1, 0.15) is 17.2 Å². The number of amides is 1. The maximum Gasteiger partial charge on any atom is 0.268 e. The second kappa shape index (κ2) is 9.51. The number of ether oxygens (including phenoxy) is 1. The van der Waals surface area contributed by atoms with Crippen LogP contribution < -0.4 is 14.4 Å². The van der Waals surface area contributed by atoms with Gasteiger partial charge in [-0.3, -0.25) is 9.10 Å². The van der Waals surface area contributed by atoms with E-state index in [2.05, 4.69) is 5.32 Å². The van der Waals surface area contributed by atoms with E-state index in [0.717, 1.165) is 36.8 Å². The van der Waals surface area contributed by atoms with Crippen LogP contribution in [0.2, 0.25) is 0 Å². The fourth-order valence-electron chi connectivity index (χ4n) is 3.78. The quantitative estimate of drug-likeness (QED) is 0.722. The molecule has 30 heavy (non-hydrogen) atoms. The van der Waals surface area contributed by atoms with Crippen molar-refractivity contribution in [2.24, 2.45) is 0 Å². The van der Waals surface area contributed by atoms with Crippen molar-refractivity contribution in [1.82, 2.24) is 5.32 Å². The first-order chi connectivity index (χ1) is 14.3. The molecule has 0 unspecified atom stereocenters. The number of methoxy groups -OCH3 is 1. The number of aryl methyl sites for hydroxylation is 2. The topological polar surface area (TPSA) is 75.7 Å². The lowest BCUT2D eigenvalue weighted by molar-refractivity contribution is -0.120. The van der Waals surface area contributed by atoms with E-state index < -0.39 is 10.0 Å². The molecule has 1 fully saturated rings. The number of carbonyl (C=O) groups is 1. The lowest BCUT2D eigenvalue weighted by atomic mass is 9.95. The van der Waals surface area contributed by atoms with Gasteiger partial charge < -0.3 is 10.1 Å². The maximum atomic E-state index is 13.6. The minimum Gasteiger partial charge on any atom is -0.495 e. The summed E-state index contributed by atoms with van der Waals surface area (Å²) in [5.41, 5.74) is 2.25. The Morgan fingerprint density at radius 2 is 1.67 bits per heavy atom. The molecule has 1 aliphatic rings. The summed E-state index contributed by atoms with van der Waals surface area (Å²) in [4.78, 5) is 12.9. The van der Waals surface area contributed by atoms with Crippen LogP contribution in [0.25, 0.3) is 0 Å². The van der Waals surface area contributed by atoms with Gasteiger partial charge in [0.25, 0.3) is 10.0 Å². The molecule has 0 radical (unpaired) electrons. The summed E-state index contributed by atoms with van der Waals surface area (Å²) < 4.78 is 33.8. The highest BCUT2D eigenvalue weighted by molar-refractivity contribution is 7.93. The summed E-state index contributed by atoms with van der Waals surface area (Å²) >= 11 is 0. The van der Waals surface area contributed by atoms with Gasteiger partial charge in [-0.25, -0.2) is 8.42 Å². The molecule has 2 aromatic carbocycles. The molecule has 1 saturated carbocycles. The van der Waals surface area contributed by atoms with Gasteiger partial charge in [-0.1, -0.05) is 43.0 Å². The van der Waals surface area contributed by atoms with Crippen LogP contribution in [0, 0.1) is 13.8 Å². The highest BCUT2D eigenvalue weighted by Gasteiger charge is 2.30. The van der Waals surface area contributed by atoms with Gasteiger partial charge in [0.2, 0.25) is 5.91 Å². The molecule has 0 spiro atoms. The van der Waals surface area contributed by atoms with Gasteiger partial charge in [-0.15, -0.1) is 0 Å². The van der Waals surface area contributed by atoms with Crippen LogP contribution in [-0.2, 0) is 14.8 Å². The predicted octanol–water partition coefficient (Wildman–Crippen LogP) is 3.96. The molecule has 0 atom stereocenters. The van der Waals surface area contributed by atoms with Gasteiger partial charge in [0.15, 0.2) is 0 Å². The minimum absolute atomic E-state index is 0.0519. The zero-order chi connectivity index (χ0) is 21.7. The van der Waals surface area contributed by atoms with E-state index in [1.807, 2.05) is 26.0 Å². The van der Waals surface area contributed by atoms with Gasteiger partial charge in [0, 0.05) is 6.04 Å². The Kier molecular flexibility index (Phi) is 7.02. The molecule has 2 aromatic rings. The molecule has 0 bridgehead atoms. The number of anilines is 1. The monoisotopic (exact) mass is 430 g/mol. The van der Waals surface area contributed by atoms with Crippen molar-refractivity contribution in [3.05, 3.63) is 53.6 Å². The molecule has 7 heteroatoms. The molecule has 0 saturated heterocycles. The summed E-state index contributed by atoms with van der Waals surface area (Å²) in [6, 6.07) is 12.2. The number of carbonyl (C=O) groups excluding carboxylic acids is 1. The second-order valence-corrected chi connectivity index (χ2v) is 9.73. The van der Waals surface area contributed by atoms with E-state index in [1.54, 1.807) is 30.3 Å². The van der Waals surface area contributed by atoms with E-state index in [4.69, 9.17) is 4.74 Å². The lowest BCUT2D eigenvalue weighted by Gasteiger charge is -2.27. The molecule has 0 heterocycles. The molecular formula is C23H30N2O4S. The van der Waals surface area contributed by atoms with Gasteiger partial charge in [-0.2, -0.15) is 0 Å². The zero-order valence-electron chi connectivity index (χ0n) is 17.8. The highest BCUT2D eigenvalue weighted by atomic mass is 32.2. The van der Waals surface area contributed by atoms with Crippen LogP contribution in [0.5, 0.6) is 5.75 Å². The van der Waals surface area contributed by atoms with Crippen LogP contribution in [0.1, 0.15) is 43.2 Å². The first-order valence-corrected chi connectivity index (χ1v) is 11.8. The van der Waals surface area contributed by atoms with Crippen molar-refractivity contribution in [3.8, 4) is 5.75 Å². The molecule has 0 aliphatic heterocycles. The van der Waals surface area contributed by atoms with E-state index in [1.165, 1.54) is 17.8 Å². The molecule has 1 aliphatic carbocycles. The van der Waals surface area contributed by atoms with Crippen molar-refractivity contribution in [1.29, 1.82) is 0 Å². The second-order valence-electron chi connectivity index (χ2n) is 7.90. The standard InChI is InChI=1S/C23H30N2O4S/c1-17-9-12-20(13-10-17)25(16-23(26)24-19-7-5-4-6-8-19)30(27,28)22-15-18(2)11-14-21(22)29-3/h9-15,19H,4-8,16H2,1-3H3,(H,24,26). The van der Waals surface area contributed by atoms with E-state index in [0.29, 0.717) is 5.69 Å². The van der Waals surface area contributed by atoms with Crippen LogP contribution in [0.3, 0.4) is 0 Å². The third-order valence-electron chi connectivity index (χ3n) is 5.47. The maximum absolute atomic E-state index is 13.6. The van der Waals surface area contributed by atoms with Crippen LogP contribution in [0.4, 0.5) is 5.69 Å². The summed E-state index contributed by atoms with van der Waals surface area (Å²) in [6.45, 7) is 3.48. The summed E-state index contributed by atoms with van der Waals surface area (Å²) in [5, 5.41) is 3.02. The van der Waals surface area contributed by atoms with E-state index >= 15 is 0 Å². The van der Waals surface area contributed by atoms with Crippen LogP contribution in [-0.4, -0.2) is 34.0 Å². The number of rotatable bonds is 7. The summed E-state index contributed by atoms with van der Waals surface area (Å²) in [6.07, 6.45) is 5.24. The largest absolute Gasteiger partial charge is 0.495 e. The molecule has 6 nitrogen and oxygen atoms in total. The fraction of sp³-hybridized carbons (Fsp3) is 0.435. The van der Waals surface area contributed by atoms with E-state index in [-0.39, 0.29) is 29.1 Å². The molecule has 162 valence electrons. The molecule has 1 amide bonds. The zero-order valence-corrected chi connectivity index (χ0v) is 18.7. The Morgan fingerprint density at radius 3 is 2.30 bits per heavy atom. The lowest BCUT2D eigenvalue weighted by Crippen LogP contribution is -2.45. The number of nitrogens with one attached hydrogen (secondary N) is 1. The Balaban J connectivity index is 1.95. The fourth-order valence-corrected chi connectivity index (χ4v) is 5.45. The van der Waals surface area contributed by atoms with Gasteiger partial charge >= 0.3 is 0 Å². The van der Waals surface area contributed by atoms with Crippen LogP contribution >= 0.6 is 0 Å². The Bertz CT molecular complexity index is 981. The predicted molar refractivity (Wildman–Crippen MR) is 118 cm³/mol. The highest BCUT2D eigenvalue weighted by Crippen LogP contribution is 2.31. The number of nitrogens with zero attached hydrogens (tertiary/aromatic N) is 1. The van der Waals surface area contributed by atoms with Crippen molar-refractivity contribution in [2.75, 3.05) is 18.0 Å². The molecular weight excluding hydrogens is 400 g/mol. The average molecular weight is 431 g/mol. The number of sulfonamides is 1. The van der Waals surface area contributed by atoms with Crippen molar-refractivity contribution in [2.45, 2.75) is 56.9 Å². The van der Waals surface area contributed by atoms with Gasteiger partial charge in [0.05, 0.1) is 12.8 Å². The van der Waals surface area contributed by atoms with E-state index in [9.17, 15) is 13.2 Å².